The van der Waals surface area contributed by atoms with Crippen LogP contribution in [0.5, 0.6) is 0 Å². The zero-order valence-electron chi connectivity index (χ0n) is 22.4. The molecule has 0 saturated carbocycles. The van der Waals surface area contributed by atoms with Crippen LogP contribution in [0.25, 0.3) is 0 Å². The lowest BCUT2D eigenvalue weighted by atomic mass is 9.70. The largest absolute Gasteiger partial charge is 0.396 e. The van der Waals surface area contributed by atoms with E-state index in [1.54, 1.807) is 45.7 Å². The third-order valence-electron chi connectivity index (χ3n) is 8.13. The van der Waals surface area contributed by atoms with Crippen LogP contribution in [-0.2, 0) is 14.4 Å². The van der Waals surface area contributed by atoms with E-state index in [4.69, 9.17) is 0 Å². The molecular weight excluding hydrogens is 566 g/mol. The molecule has 0 aromatic heterocycles. The fourth-order valence-corrected chi connectivity index (χ4v) is 10.1. The Morgan fingerprint density at radius 2 is 1.92 bits per heavy atom. The minimum absolute atomic E-state index is 0.0175. The van der Waals surface area contributed by atoms with Crippen molar-refractivity contribution in [3.63, 3.8) is 0 Å². The molecule has 4 rings (SSSR count). The minimum Gasteiger partial charge on any atom is -0.396 e. The van der Waals surface area contributed by atoms with Gasteiger partial charge in [-0.2, -0.15) is 0 Å². The highest BCUT2D eigenvalue weighted by Crippen LogP contribution is 2.68. The van der Waals surface area contributed by atoms with Crippen molar-refractivity contribution in [1.29, 1.82) is 0 Å². The number of aliphatic hydroxyl groups is 1. The number of unbranched alkanes of at least 4 members (excludes halogenated alkanes) is 1. The smallest absolute Gasteiger partial charge is 0.251 e. The molecule has 1 spiro atoms. The van der Waals surface area contributed by atoms with Crippen molar-refractivity contribution < 1.29 is 19.5 Å². The average molecular weight is 605 g/mol. The molecule has 2 bridgehead atoms. The van der Waals surface area contributed by atoms with Crippen LogP contribution in [0.15, 0.2) is 43.5 Å². The van der Waals surface area contributed by atoms with Crippen LogP contribution >= 0.6 is 27.7 Å². The Balaban J connectivity index is 1.80. The maximum absolute atomic E-state index is 14.6. The topological polar surface area (TPSA) is 81.2 Å². The van der Waals surface area contributed by atoms with Gasteiger partial charge in [-0.3, -0.25) is 14.4 Å². The second kappa shape index (κ2) is 11.6. The summed E-state index contributed by atoms with van der Waals surface area (Å²) in [6.45, 7) is 12.7. The number of carbonyl (C=O) groups excluding carboxylic acids is 3. The normalized spacial score (nSPS) is 29.3. The molecule has 3 fully saturated rings. The standard InChI is InChI=1S/C29H38BrN3O4S/c1-6-12-31(5)26(35)22-23-27(36)33(14-8-9-15-34)25(29(23)17-20(30)24(22)38-29)28(37)32(13-7-2)21-16-18(3)10-11-19(21)4/h6-7,10-11,16,20,22-25,34H,1-2,8-9,12-15,17H2,3-5H3/t20?,22-,23+,24-,25?,29?/m1/s1. The first-order valence-corrected chi connectivity index (χ1v) is 15.0. The molecule has 6 atom stereocenters. The predicted octanol–water partition coefficient (Wildman–Crippen LogP) is 3.70. The van der Waals surface area contributed by atoms with Crippen molar-refractivity contribution >= 4 is 51.1 Å². The molecule has 1 aromatic carbocycles. The van der Waals surface area contributed by atoms with Gasteiger partial charge in [0.25, 0.3) is 5.91 Å². The van der Waals surface area contributed by atoms with E-state index in [1.165, 1.54) is 0 Å². The zero-order valence-corrected chi connectivity index (χ0v) is 24.8. The van der Waals surface area contributed by atoms with E-state index in [2.05, 4.69) is 29.1 Å². The Kier molecular flexibility index (Phi) is 8.79. The predicted molar refractivity (Wildman–Crippen MR) is 157 cm³/mol. The molecule has 3 aliphatic rings. The molecule has 1 N–H and O–H groups in total. The second-order valence-corrected chi connectivity index (χ2v) is 13.4. The maximum Gasteiger partial charge on any atom is 0.251 e. The number of anilines is 1. The lowest BCUT2D eigenvalue weighted by molar-refractivity contribution is -0.143. The Morgan fingerprint density at radius 1 is 1.21 bits per heavy atom. The lowest BCUT2D eigenvalue weighted by Crippen LogP contribution is -2.56. The molecule has 3 aliphatic heterocycles. The Labute approximate surface area is 238 Å². The Hall–Kier alpha value is -2.10. The average Bonchev–Trinajstić information content (AvgIpc) is 3.47. The summed E-state index contributed by atoms with van der Waals surface area (Å²) in [5.74, 6) is -1.42. The van der Waals surface area contributed by atoms with E-state index >= 15 is 0 Å². The van der Waals surface area contributed by atoms with Gasteiger partial charge in [-0.05, 0) is 50.3 Å². The van der Waals surface area contributed by atoms with Gasteiger partial charge in [-0.1, -0.05) is 40.2 Å². The van der Waals surface area contributed by atoms with Gasteiger partial charge >= 0.3 is 0 Å². The summed E-state index contributed by atoms with van der Waals surface area (Å²) >= 11 is 5.47. The highest BCUT2D eigenvalue weighted by atomic mass is 79.9. The lowest BCUT2D eigenvalue weighted by Gasteiger charge is -2.38. The summed E-state index contributed by atoms with van der Waals surface area (Å²) < 4.78 is -0.710. The number of carbonyl (C=O) groups is 3. The van der Waals surface area contributed by atoms with Crippen LogP contribution in [-0.4, -0.2) is 86.8 Å². The van der Waals surface area contributed by atoms with Crippen LogP contribution in [0.3, 0.4) is 0 Å². The van der Waals surface area contributed by atoms with E-state index in [-0.39, 0.29) is 34.4 Å². The quantitative estimate of drug-likeness (QED) is 0.237. The van der Waals surface area contributed by atoms with Crippen LogP contribution in [0, 0.1) is 25.7 Å². The number of aryl methyl sites for hydroxylation is 2. The fourth-order valence-electron chi connectivity index (χ4n) is 6.46. The number of hydrogen-bond donors (Lipinski definition) is 1. The van der Waals surface area contributed by atoms with Crippen molar-refractivity contribution in [3.05, 3.63) is 54.6 Å². The van der Waals surface area contributed by atoms with Crippen molar-refractivity contribution in [3.8, 4) is 0 Å². The van der Waals surface area contributed by atoms with Gasteiger partial charge in [0.05, 0.1) is 16.6 Å². The van der Waals surface area contributed by atoms with Gasteiger partial charge in [0.1, 0.15) is 6.04 Å². The Bertz CT molecular complexity index is 1130. The maximum atomic E-state index is 14.6. The molecular formula is C29H38BrN3O4S. The van der Waals surface area contributed by atoms with Gasteiger partial charge in [0.15, 0.2) is 0 Å². The molecule has 7 nitrogen and oxygen atoms in total. The number of fused-ring (bicyclic) bond motifs is 1. The molecule has 38 heavy (non-hydrogen) atoms. The highest BCUT2D eigenvalue weighted by Gasteiger charge is 2.75. The number of likely N-dealkylation sites (tertiary alicyclic amines) is 1. The molecule has 3 saturated heterocycles. The van der Waals surface area contributed by atoms with E-state index in [9.17, 15) is 19.5 Å². The van der Waals surface area contributed by atoms with Gasteiger partial charge in [0.2, 0.25) is 11.8 Å². The Morgan fingerprint density at radius 3 is 2.58 bits per heavy atom. The van der Waals surface area contributed by atoms with Crippen molar-refractivity contribution in [1.82, 2.24) is 9.80 Å². The summed E-state index contributed by atoms with van der Waals surface area (Å²) in [4.78, 5) is 47.6. The van der Waals surface area contributed by atoms with E-state index in [1.807, 2.05) is 32.0 Å². The first-order valence-electron chi connectivity index (χ1n) is 13.2. The number of thioether (sulfide) groups is 1. The second-order valence-electron chi connectivity index (χ2n) is 10.7. The van der Waals surface area contributed by atoms with Gasteiger partial charge in [-0.25, -0.2) is 0 Å². The van der Waals surface area contributed by atoms with E-state index < -0.39 is 22.6 Å². The molecule has 9 heteroatoms. The number of hydrogen-bond acceptors (Lipinski definition) is 5. The number of halogens is 1. The van der Waals surface area contributed by atoms with Crippen molar-refractivity contribution in [2.24, 2.45) is 11.8 Å². The van der Waals surface area contributed by atoms with Gasteiger partial charge in [0, 0.05) is 49.1 Å². The summed E-state index contributed by atoms with van der Waals surface area (Å²) in [6.07, 6.45) is 5.15. The number of nitrogens with zero attached hydrogens (tertiary/aromatic N) is 3. The summed E-state index contributed by atoms with van der Waals surface area (Å²) in [5.41, 5.74) is 2.82. The molecule has 0 aliphatic carbocycles. The zero-order chi connectivity index (χ0) is 27.8. The van der Waals surface area contributed by atoms with Crippen molar-refractivity contribution in [2.75, 3.05) is 38.2 Å². The van der Waals surface area contributed by atoms with Gasteiger partial charge < -0.3 is 19.8 Å². The molecule has 3 heterocycles. The number of likely N-dealkylation sites (N-methyl/N-ethyl adjacent to an activating group) is 1. The van der Waals surface area contributed by atoms with Crippen LogP contribution in [0.4, 0.5) is 5.69 Å². The molecule has 206 valence electrons. The summed E-state index contributed by atoms with van der Waals surface area (Å²) in [6, 6.07) is 5.31. The van der Waals surface area contributed by atoms with E-state index in [0.29, 0.717) is 38.9 Å². The first-order chi connectivity index (χ1) is 18.1. The summed E-state index contributed by atoms with van der Waals surface area (Å²) in [5, 5.41) is 9.32. The number of benzene rings is 1. The number of alkyl halides is 1. The van der Waals surface area contributed by atoms with Crippen LogP contribution in [0.2, 0.25) is 0 Å². The minimum atomic E-state index is -0.712. The van der Waals surface area contributed by atoms with Crippen molar-refractivity contribution in [2.45, 2.75) is 54.0 Å². The number of rotatable bonds is 11. The van der Waals surface area contributed by atoms with E-state index in [0.717, 1.165) is 16.8 Å². The van der Waals surface area contributed by atoms with Crippen LogP contribution in [0.1, 0.15) is 30.4 Å². The monoisotopic (exact) mass is 603 g/mol. The third kappa shape index (κ3) is 4.75. The molecule has 3 unspecified atom stereocenters. The molecule has 1 aromatic rings. The first kappa shape index (κ1) is 28.9. The molecule has 3 amide bonds. The summed E-state index contributed by atoms with van der Waals surface area (Å²) in [7, 11) is 1.74. The SMILES string of the molecule is C=CCN(C)C(=O)[C@H]1[C@@H]2SC3(CC2Br)C(C(=O)N(CC=C)c2cc(C)ccc2C)N(CCCCO)C(=O)[C@H]13. The number of amides is 3. The fraction of sp³-hybridized carbons (Fsp3) is 0.552. The molecule has 0 radical (unpaired) electrons. The third-order valence-corrected chi connectivity index (χ3v) is 11.3. The highest BCUT2D eigenvalue weighted by molar-refractivity contribution is 9.09. The number of aliphatic hydroxyl groups excluding tert-OH is 1. The van der Waals surface area contributed by atoms with Gasteiger partial charge in [-0.15, -0.1) is 24.9 Å². The van der Waals surface area contributed by atoms with Crippen LogP contribution < -0.4 is 4.90 Å².